The lowest BCUT2D eigenvalue weighted by Crippen LogP contribution is -1.96. The number of nitrogens with zero attached hydrogens (tertiary/aromatic N) is 1. The molecule has 0 aliphatic heterocycles. The molecule has 15 heavy (non-hydrogen) atoms. The predicted octanol–water partition coefficient (Wildman–Crippen LogP) is 3.22. The molecule has 0 aliphatic rings. The van der Waals surface area contributed by atoms with E-state index >= 15 is 0 Å². The highest BCUT2D eigenvalue weighted by Gasteiger charge is 2.09. The van der Waals surface area contributed by atoms with Gasteiger partial charge in [-0.25, -0.2) is 8.78 Å². The summed E-state index contributed by atoms with van der Waals surface area (Å²) in [5.74, 6) is -1.34. The molecular weight excluding hydrogens is 240 g/mol. The largest absolute Gasteiger partial charge is 0.325 e. The molecule has 1 heterocycles. The SMILES string of the molecule is Fc1cccc(F)c1Nc1n[nH]c(=S)s1. The average Bonchev–Trinajstić information content (AvgIpc) is 2.58. The van der Waals surface area contributed by atoms with Crippen molar-refractivity contribution in [3.05, 3.63) is 33.8 Å². The number of hydrogen-bond acceptors (Lipinski definition) is 4. The van der Waals surface area contributed by atoms with Gasteiger partial charge in [0.1, 0.15) is 17.3 Å². The summed E-state index contributed by atoms with van der Waals surface area (Å²) in [5, 5.41) is 9.09. The zero-order valence-electron chi connectivity index (χ0n) is 7.25. The van der Waals surface area contributed by atoms with Gasteiger partial charge in [-0.2, -0.15) is 0 Å². The summed E-state index contributed by atoms with van der Waals surface area (Å²) in [6, 6.07) is 3.62. The van der Waals surface area contributed by atoms with E-state index in [0.717, 1.165) is 23.5 Å². The molecule has 0 aliphatic carbocycles. The maximum Gasteiger partial charge on any atom is 0.208 e. The van der Waals surface area contributed by atoms with E-state index in [-0.39, 0.29) is 5.69 Å². The third-order valence-corrected chi connectivity index (χ3v) is 2.64. The van der Waals surface area contributed by atoms with E-state index < -0.39 is 11.6 Å². The smallest absolute Gasteiger partial charge is 0.208 e. The number of rotatable bonds is 2. The fourth-order valence-corrected chi connectivity index (χ4v) is 1.80. The molecule has 0 atom stereocenters. The van der Waals surface area contributed by atoms with E-state index in [1.54, 1.807) is 0 Å². The summed E-state index contributed by atoms with van der Waals surface area (Å²) in [5.41, 5.74) is -0.227. The minimum atomic E-state index is -0.670. The lowest BCUT2D eigenvalue weighted by Gasteiger charge is -2.03. The molecule has 2 N–H and O–H groups in total. The number of hydrogen-bond donors (Lipinski definition) is 2. The van der Waals surface area contributed by atoms with Crippen molar-refractivity contribution in [1.29, 1.82) is 0 Å². The van der Waals surface area contributed by atoms with E-state index in [1.807, 2.05) is 0 Å². The highest BCUT2D eigenvalue weighted by molar-refractivity contribution is 7.73. The van der Waals surface area contributed by atoms with Crippen LogP contribution in [0.2, 0.25) is 0 Å². The van der Waals surface area contributed by atoms with Crippen LogP contribution in [0.3, 0.4) is 0 Å². The molecule has 0 fully saturated rings. The fourth-order valence-electron chi connectivity index (χ4n) is 1.01. The molecule has 2 rings (SSSR count). The van der Waals surface area contributed by atoms with Gasteiger partial charge >= 0.3 is 0 Å². The average molecular weight is 245 g/mol. The van der Waals surface area contributed by atoms with Crippen molar-refractivity contribution in [2.24, 2.45) is 0 Å². The molecule has 3 nitrogen and oxygen atoms in total. The van der Waals surface area contributed by atoms with E-state index in [9.17, 15) is 8.78 Å². The van der Waals surface area contributed by atoms with Crippen LogP contribution in [-0.4, -0.2) is 10.2 Å². The first-order valence-electron chi connectivity index (χ1n) is 3.93. The van der Waals surface area contributed by atoms with Gasteiger partial charge in [-0.05, 0) is 24.4 Å². The Balaban J connectivity index is 2.35. The Morgan fingerprint density at radius 2 is 2.00 bits per heavy atom. The number of aromatic nitrogens is 2. The minimum Gasteiger partial charge on any atom is -0.325 e. The highest BCUT2D eigenvalue weighted by Crippen LogP contribution is 2.23. The Morgan fingerprint density at radius 1 is 1.33 bits per heavy atom. The van der Waals surface area contributed by atoms with Crippen molar-refractivity contribution in [1.82, 2.24) is 10.2 Å². The second-order valence-electron chi connectivity index (χ2n) is 2.64. The van der Waals surface area contributed by atoms with Gasteiger partial charge in [0.2, 0.25) is 5.13 Å². The van der Waals surface area contributed by atoms with Gasteiger partial charge in [-0.15, -0.1) is 5.10 Å². The molecule has 0 unspecified atom stereocenters. The van der Waals surface area contributed by atoms with Crippen molar-refractivity contribution in [3.8, 4) is 0 Å². The van der Waals surface area contributed by atoms with Crippen LogP contribution >= 0.6 is 23.6 Å². The van der Waals surface area contributed by atoms with Crippen LogP contribution in [0, 0.1) is 15.6 Å². The third-order valence-electron chi connectivity index (χ3n) is 1.63. The monoisotopic (exact) mass is 245 g/mol. The Labute approximate surface area is 92.8 Å². The molecule has 2 aromatic rings. The van der Waals surface area contributed by atoms with Crippen molar-refractivity contribution >= 4 is 34.4 Å². The second-order valence-corrected chi connectivity index (χ2v) is 4.31. The molecule has 78 valence electrons. The van der Waals surface area contributed by atoms with Gasteiger partial charge in [0.15, 0.2) is 3.95 Å². The van der Waals surface area contributed by atoms with Crippen LogP contribution in [0.4, 0.5) is 19.6 Å². The number of aromatic amines is 1. The number of benzene rings is 1. The first-order valence-corrected chi connectivity index (χ1v) is 5.16. The van der Waals surface area contributed by atoms with E-state index in [1.165, 1.54) is 6.07 Å². The lowest BCUT2D eigenvalue weighted by atomic mass is 10.3. The van der Waals surface area contributed by atoms with Crippen molar-refractivity contribution in [3.63, 3.8) is 0 Å². The van der Waals surface area contributed by atoms with Crippen molar-refractivity contribution < 1.29 is 8.78 Å². The molecule has 0 saturated heterocycles. The number of H-pyrrole nitrogens is 1. The topological polar surface area (TPSA) is 40.7 Å². The summed E-state index contributed by atoms with van der Waals surface area (Å²) in [6.07, 6.45) is 0. The molecule has 0 bridgehead atoms. The van der Waals surface area contributed by atoms with Crippen LogP contribution in [-0.2, 0) is 0 Å². The first-order chi connectivity index (χ1) is 7.16. The van der Waals surface area contributed by atoms with Crippen molar-refractivity contribution in [2.75, 3.05) is 5.32 Å². The summed E-state index contributed by atoms with van der Waals surface area (Å²) in [6.45, 7) is 0. The zero-order valence-corrected chi connectivity index (χ0v) is 8.88. The van der Waals surface area contributed by atoms with E-state index in [0.29, 0.717) is 9.09 Å². The molecule has 7 heteroatoms. The number of nitrogens with one attached hydrogen (secondary N) is 2. The highest BCUT2D eigenvalue weighted by atomic mass is 32.1. The number of para-hydroxylation sites is 1. The van der Waals surface area contributed by atoms with Gasteiger partial charge in [0.25, 0.3) is 0 Å². The summed E-state index contributed by atoms with van der Waals surface area (Å²) >= 11 is 5.89. The van der Waals surface area contributed by atoms with Gasteiger partial charge in [-0.3, -0.25) is 5.10 Å². The van der Waals surface area contributed by atoms with Crippen LogP contribution in [0.1, 0.15) is 0 Å². The van der Waals surface area contributed by atoms with Crippen LogP contribution in [0.15, 0.2) is 18.2 Å². The zero-order chi connectivity index (χ0) is 10.8. The third kappa shape index (κ3) is 2.18. The molecule has 1 aromatic carbocycles. The Morgan fingerprint density at radius 3 is 2.53 bits per heavy atom. The quantitative estimate of drug-likeness (QED) is 0.798. The second kappa shape index (κ2) is 4.03. The first kappa shape index (κ1) is 10.2. The Bertz CT molecular complexity index is 514. The fraction of sp³-hybridized carbons (Fsp3) is 0. The maximum atomic E-state index is 13.2. The molecular formula is C8H5F2N3S2. The summed E-state index contributed by atoms with van der Waals surface area (Å²) < 4.78 is 26.8. The maximum absolute atomic E-state index is 13.2. The van der Waals surface area contributed by atoms with E-state index in [4.69, 9.17) is 12.2 Å². The molecule has 0 spiro atoms. The van der Waals surface area contributed by atoms with Crippen LogP contribution < -0.4 is 5.32 Å². The van der Waals surface area contributed by atoms with Crippen LogP contribution in [0.5, 0.6) is 0 Å². The summed E-state index contributed by atoms with van der Waals surface area (Å²) in [7, 11) is 0. The van der Waals surface area contributed by atoms with Crippen molar-refractivity contribution in [2.45, 2.75) is 0 Å². The minimum absolute atomic E-state index is 0.227. The molecule has 0 radical (unpaired) electrons. The normalized spacial score (nSPS) is 10.3. The van der Waals surface area contributed by atoms with Gasteiger partial charge in [0.05, 0.1) is 0 Å². The Hall–Kier alpha value is -1.34. The number of anilines is 2. The van der Waals surface area contributed by atoms with Crippen LogP contribution in [0.25, 0.3) is 0 Å². The molecule has 0 amide bonds. The van der Waals surface area contributed by atoms with Gasteiger partial charge in [0, 0.05) is 0 Å². The summed E-state index contributed by atoms with van der Waals surface area (Å²) in [4.78, 5) is 0. The lowest BCUT2D eigenvalue weighted by molar-refractivity contribution is 0.590. The standard InChI is InChI=1S/C8H5F2N3S2/c9-4-2-1-3-5(10)6(4)11-7-12-13-8(14)15-7/h1-3H,(H,11,12)(H,13,14). The van der Waals surface area contributed by atoms with E-state index in [2.05, 4.69) is 15.5 Å². The predicted molar refractivity (Wildman–Crippen MR) is 56.9 cm³/mol. The molecule has 1 aromatic heterocycles. The number of halogens is 2. The molecule has 0 saturated carbocycles. The van der Waals surface area contributed by atoms with Gasteiger partial charge in [-0.1, -0.05) is 17.4 Å². The Kier molecular flexibility index (Phi) is 2.74. The van der Waals surface area contributed by atoms with Gasteiger partial charge < -0.3 is 5.32 Å².